The van der Waals surface area contributed by atoms with Gasteiger partial charge in [-0.15, -0.1) is 11.3 Å². The molecule has 0 spiro atoms. The maximum atomic E-state index is 12.3. The first-order valence-electron chi connectivity index (χ1n) is 7.67. The number of sulfonamides is 1. The molecule has 122 valence electrons. The lowest BCUT2D eigenvalue weighted by molar-refractivity contribution is 0.483. The Morgan fingerprint density at radius 1 is 1.19 bits per heavy atom. The Balaban J connectivity index is 2.57. The van der Waals surface area contributed by atoms with Gasteiger partial charge in [0.2, 0.25) is 10.0 Å². The summed E-state index contributed by atoms with van der Waals surface area (Å²) >= 11 is 1.37. The van der Waals surface area contributed by atoms with Crippen LogP contribution in [0.25, 0.3) is 0 Å². The van der Waals surface area contributed by atoms with E-state index in [2.05, 4.69) is 30.8 Å². The molecule has 4 nitrogen and oxygen atoms in total. The molecule has 0 aromatic carbocycles. The summed E-state index contributed by atoms with van der Waals surface area (Å²) in [5.41, 5.74) is 0. The molecule has 0 radical (unpaired) electrons. The molecule has 0 fully saturated rings. The highest BCUT2D eigenvalue weighted by Crippen LogP contribution is 2.22. The first-order valence-corrected chi connectivity index (χ1v) is 9.97. The van der Waals surface area contributed by atoms with Crippen LogP contribution in [0.15, 0.2) is 16.3 Å². The Hall–Kier alpha value is -0.430. The van der Waals surface area contributed by atoms with Gasteiger partial charge in [0.05, 0.1) is 0 Å². The van der Waals surface area contributed by atoms with Crippen LogP contribution >= 0.6 is 11.3 Å². The van der Waals surface area contributed by atoms with Crippen molar-refractivity contribution in [2.24, 2.45) is 5.92 Å². The predicted molar refractivity (Wildman–Crippen MR) is 90.4 cm³/mol. The van der Waals surface area contributed by atoms with Crippen molar-refractivity contribution in [3.05, 3.63) is 17.0 Å². The lowest BCUT2D eigenvalue weighted by atomic mass is 10.1. The van der Waals surface area contributed by atoms with Crippen LogP contribution < -0.4 is 10.0 Å². The Morgan fingerprint density at radius 3 is 2.52 bits per heavy atom. The molecular weight excluding hydrogens is 304 g/mol. The molecule has 21 heavy (non-hydrogen) atoms. The second-order valence-corrected chi connectivity index (χ2v) is 8.98. The molecule has 0 bridgehead atoms. The molecular formula is C15H28N2O2S2. The molecule has 0 aliphatic heterocycles. The van der Waals surface area contributed by atoms with Crippen molar-refractivity contribution < 1.29 is 8.42 Å². The normalized spacial score (nSPS) is 13.8. The van der Waals surface area contributed by atoms with E-state index in [1.807, 2.05) is 13.0 Å². The minimum atomic E-state index is -3.37. The molecule has 2 N–H and O–H groups in total. The Kier molecular flexibility index (Phi) is 7.87. The second kappa shape index (κ2) is 8.88. The van der Waals surface area contributed by atoms with Gasteiger partial charge in [-0.3, -0.25) is 0 Å². The monoisotopic (exact) mass is 332 g/mol. The summed E-state index contributed by atoms with van der Waals surface area (Å²) in [5, 5.41) is 3.33. The van der Waals surface area contributed by atoms with Crippen LogP contribution in [0.3, 0.4) is 0 Å². The van der Waals surface area contributed by atoms with Crippen molar-refractivity contribution in [3.8, 4) is 0 Å². The third-order valence-electron chi connectivity index (χ3n) is 3.06. The van der Waals surface area contributed by atoms with E-state index >= 15 is 0 Å². The predicted octanol–water partition coefficient (Wildman–Crippen LogP) is 3.00. The van der Waals surface area contributed by atoms with E-state index < -0.39 is 10.0 Å². The molecule has 0 amide bonds. The van der Waals surface area contributed by atoms with E-state index in [1.54, 1.807) is 6.07 Å². The van der Waals surface area contributed by atoms with Crippen molar-refractivity contribution in [1.82, 2.24) is 10.0 Å². The van der Waals surface area contributed by atoms with Crippen LogP contribution in [0.1, 0.15) is 45.4 Å². The van der Waals surface area contributed by atoms with Crippen molar-refractivity contribution in [3.63, 3.8) is 0 Å². The van der Waals surface area contributed by atoms with Crippen LogP contribution in [-0.2, 0) is 16.4 Å². The molecule has 0 aliphatic carbocycles. The molecule has 1 rings (SSSR count). The summed E-state index contributed by atoms with van der Waals surface area (Å²) < 4.78 is 27.8. The SMILES string of the molecule is CCCNCCc1ccc(S(=O)(=O)NC(C)CC(C)C)s1. The van der Waals surface area contributed by atoms with E-state index in [0.29, 0.717) is 10.1 Å². The van der Waals surface area contributed by atoms with Crippen molar-refractivity contribution in [1.29, 1.82) is 0 Å². The first-order chi connectivity index (χ1) is 9.85. The van der Waals surface area contributed by atoms with Crippen LogP contribution in [0.2, 0.25) is 0 Å². The van der Waals surface area contributed by atoms with Gasteiger partial charge in [-0.1, -0.05) is 20.8 Å². The van der Waals surface area contributed by atoms with Gasteiger partial charge >= 0.3 is 0 Å². The third-order valence-corrected chi connectivity index (χ3v) is 6.28. The van der Waals surface area contributed by atoms with Crippen molar-refractivity contribution >= 4 is 21.4 Å². The molecule has 1 unspecified atom stereocenters. The van der Waals surface area contributed by atoms with E-state index in [1.165, 1.54) is 11.3 Å². The quantitative estimate of drug-likeness (QED) is 0.648. The molecule has 1 atom stereocenters. The number of rotatable bonds is 10. The maximum absolute atomic E-state index is 12.3. The molecule has 0 aliphatic rings. The summed E-state index contributed by atoms with van der Waals surface area (Å²) in [5.74, 6) is 0.478. The van der Waals surface area contributed by atoms with Gasteiger partial charge in [-0.05, 0) is 57.3 Å². The van der Waals surface area contributed by atoms with Crippen LogP contribution in [0.4, 0.5) is 0 Å². The minimum absolute atomic E-state index is 0.0354. The second-order valence-electron chi connectivity index (χ2n) is 5.87. The van der Waals surface area contributed by atoms with Gasteiger partial charge < -0.3 is 5.32 Å². The smallest absolute Gasteiger partial charge is 0.250 e. The Bertz CT molecular complexity index is 509. The fourth-order valence-corrected chi connectivity index (χ4v) is 4.86. The summed E-state index contributed by atoms with van der Waals surface area (Å²) in [6, 6.07) is 3.59. The number of nitrogens with one attached hydrogen (secondary N) is 2. The number of hydrogen-bond donors (Lipinski definition) is 2. The summed E-state index contributed by atoms with van der Waals surface area (Å²) in [4.78, 5) is 1.11. The first kappa shape index (κ1) is 18.6. The molecule has 1 aromatic heterocycles. The Labute approximate surface area is 133 Å². The molecule has 1 aromatic rings. The highest BCUT2D eigenvalue weighted by molar-refractivity contribution is 7.91. The van der Waals surface area contributed by atoms with Gasteiger partial charge in [0.25, 0.3) is 0 Å². The summed E-state index contributed by atoms with van der Waals surface area (Å²) in [6.45, 7) is 10.1. The number of hydrogen-bond acceptors (Lipinski definition) is 4. The maximum Gasteiger partial charge on any atom is 0.250 e. The Morgan fingerprint density at radius 2 is 1.90 bits per heavy atom. The van der Waals surface area contributed by atoms with E-state index in [-0.39, 0.29) is 6.04 Å². The molecule has 0 saturated heterocycles. The average Bonchev–Trinajstić information content (AvgIpc) is 2.82. The van der Waals surface area contributed by atoms with Crippen LogP contribution in [-0.4, -0.2) is 27.5 Å². The van der Waals surface area contributed by atoms with E-state index in [0.717, 1.165) is 37.2 Å². The van der Waals surface area contributed by atoms with E-state index in [4.69, 9.17) is 0 Å². The fourth-order valence-electron chi connectivity index (χ4n) is 2.23. The van der Waals surface area contributed by atoms with Gasteiger partial charge in [0.15, 0.2) is 0 Å². The van der Waals surface area contributed by atoms with Crippen LogP contribution in [0, 0.1) is 5.92 Å². The zero-order valence-corrected chi connectivity index (χ0v) is 15.1. The van der Waals surface area contributed by atoms with Crippen LogP contribution in [0.5, 0.6) is 0 Å². The van der Waals surface area contributed by atoms with Gasteiger partial charge in [0.1, 0.15) is 4.21 Å². The molecule has 6 heteroatoms. The topological polar surface area (TPSA) is 58.2 Å². The minimum Gasteiger partial charge on any atom is -0.316 e. The van der Waals surface area contributed by atoms with Crippen molar-refractivity contribution in [2.45, 2.75) is 57.2 Å². The highest BCUT2D eigenvalue weighted by atomic mass is 32.2. The van der Waals surface area contributed by atoms with E-state index in [9.17, 15) is 8.42 Å². The summed E-state index contributed by atoms with van der Waals surface area (Å²) in [6.07, 6.45) is 2.84. The van der Waals surface area contributed by atoms with Gasteiger partial charge in [-0.25, -0.2) is 13.1 Å². The van der Waals surface area contributed by atoms with Crippen molar-refractivity contribution in [2.75, 3.05) is 13.1 Å². The fraction of sp³-hybridized carbons (Fsp3) is 0.733. The molecule has 0 saturated carbocycles. The van der Waals surface area contributed by atoms with Gasteiger partial charge in [-0.2, -0.15) is 0 Å². The number of thiophene rings is 1. The van der Waals surface area contributed by atoms with Gasteiger partial charge in [0, 0.05) is 10.9 Å². The summed E-state index contributed by atoms with van der Waals surface area (Å²) in [7, 11) is -3.37. The largest absolute Gasteiger partial charge is 0.316 e. The zero-order chi connectivity index (χ0) is 15.9. The lowest BCUT2D eigenvalue weighted by Gasteiger charge is -2.15. The highest BCUT2D eigenvalue weighted by Gasteiger charge is 2.19. The lowest BCUT2D eigenvalue weighted by Crippen LogP contribution is -2.33. The standard InChI is InChI=1S/C15H28N2O2S2/c1-5-9-16-10-8-14-6-7-15(20-14)21(18,19)17-13(4)11-12(2)3/h6-7,12-13,16-17H,5,8-11H2,1-4H3. The third kappa shape index (κ3) is 6.91. The average molecular weight is 333 g/mol. The molecule has 1 heterocycles. The zero-order valence-electron chi connectivity index (χ0n) is 13.5.